The molecule has 4 rings (SSSR count). The van der Waals surface area contributed by atoms with Gasteiger partial charge in [0, 0.05) is 11.4 Å². The molecule has 1 aliphatic rings. The van der Waals surface area contributed by atoms with Gasteiger partial charge in [-0.2, -0.15) is 0 Å². The summed E-state index contributed by atoms with van der Waals surface area (Å²) in [6.07, 6.45) is 2.58. The molecule has 1 unspecified atom stereocenters. The number of hydrogen-bond donors (Lipinski definition) is 2. The average Bonchev–Trinajstić information content (AvgIpc) is 3.27. The van der Waals surface area contributed by atoms with Crippen LogP contribution in [0, 0.1) is 11.7 Å². The Morgan fingerprint density at radius 1 is 1.06 bits per heavy atom. The zero-order valence-electron chi connectivity index (χ0n) is 18.6. The molecule has 0 saturated heterocycles. The Labute approximate surface area is 188 Å². The van der Waals surface area contributed by atoms with Gasteiger partial charge in [-0.1, -0.05) is 42.5 Å². The van der Waals surface area contributed by atoms with Crippen LogP contribution in [0.25, 0.3) is 10.8 Å². The Balaban J connectivity index is 1.33. The highest BCUT2D eigenvalue weighted by atomic mass is 19.1. The van der Waals surface area contributed by atoms with Gasteiger partial charge in [0.05, 0.1) is 0 Å². The summed E-state index contributed by atoms with van der Waals surface area (Å²) in [5.41, 5.74) is 2.41. The number of halogens is 1. The van der Waals surface area contributed by atoms with Gasteiger partial charge in [0.15, 0.2) is 6.10 Å². The second kappa shape index (κ2) is 9.70. The molecule has 4 atom stereocenters. The van der Waals surface area contributed by atoms with Gasteiger partial charge in [-0.25, -0.2) is 9.18 Å². The number of carbonyl (C=O) groups is 1. The van der Waals surface area contributed by atoms with E-state index in [0.717, 1.165) is 30.3 Å². The van der Waals surface area contributed by atoms with Crippen LogP contribution in [0.15, 0.2) is 60.7 Å². The lowest BCUT2D eigenvalue weighted by Gasteiger charge is -2.20. The Morgan fingerprint density at radius 2 is 1.78 bits per heavy atom. The predicted octanol–water partition coefficient (Wildman–Crippen LogP) is 6.07. The van der Waals surface area contributed by atoms with E-state index in [0.29, 0.717) is 23.0 Å². The molecule has 1 aliphatic carbocycles. The lowest BCUT2D eigenvalue weighted by Crippen LogP contribution is -2.25. The van der Waals surface area contributed by atoms with E-state index < -0.39 is 12.1 Å². The molecule has 0 aliphatic heterocycles. The fourth-order valence-electron chi connectivity index (χ4n) is 4.75. The van der Waals surface area contributed by atoms with Crippen LogP contribution in [0.5, 0.6) is 5.75 Å². The summed E-state index contributed by atoms with van der Waals surface area (Å²) >= 11 is 0. The SMILES string of the molecule is CC(Oc1ccc([C@@H]2CC[C@H](CN[C@H](C)c3ccc(F)c4ccccc34)C2)cc1)C(=O)O. The minimum absolute atomic E-state index is 0.146. The normalized spacial score (nSPS) is 20.2. The number of nitrogens with one attached hydrogen (secondary N) is 1. The zero-order chi connectivity index (χ0) is 22.7. The first-order valence-corrected chi connectivity index (χ1v) is 11.3. The number of aliphatic carboxylic acids is 1. The molecule has 3 aromatic rings. The van der Waals surface area contributed by atoms with Crippen LogP contribution in [0.3, 0.4) is 0 Å². The maximum atomic E-state index is 14.1. The third-order valence-corrected chi connectivity index (χ3v) is 6.64. The molecule has 0 spiro atoms. The fourth-order valence-corrected chi connectivity index (χ4v) is 4.75. The molecular weight excluding hydrogens is 405 g/mol. The molecule has 3 aromatic carbocycles. The van der Waals surface area contributed by atoms with Crippen molar-refractivity contribution in [3.05, 3.63) is 77.6 Å². The van der Waals surface area contributed by atoms with E-state index >= 15 is 0 Å². The van der Waals surface area contributed by atoms with E-state index in [1.807, 2.05) is 42.5 Å². The lowest BCUT2D eigenvalue weighted by atomic mass is 9.95. The number of ether oxygens (including phenoxy) is 1. The van der Waals surface area contributed by atoms with Gasteiger partial charge < -0.3 is 15.2 Å². The second-order valence-corrected chi connectivity index (χ2v) is 8.86. The highest BCUT2D eigenvalue weighted by molar-refractivity contribution is 5.86. The average molecular weight is 436 g/mol. The maximum absolute atomic E-state index is 14.1. The van der Waals surface area contributed by atoms with E-state index in [2.05, 4.69) is 24.4 Å². The molecule has 1 fully saturated rings. The van der Waals surface area contributed by atoms with Gasteiger partial charge in [-0.15, -0.1) is 0 Å². The molecule has 0 bridgehead atoms. The Bertz CT molecular complexity index is 1080. The van der Waals surface area contributed by atoms with E-state index in [4.69, 9.17) is 9.84 Å². The summed E-state index contributed by atoms with van der Waals surface area (Å²) in [4.78, 5) is 10.9. The van der Waals surface area contributed by atoms with Gasteiger partial charge in [0.25, 0.3) is 0 Å². The molecule has 5 heteroatoms. The highest BCUT2D eigenvalue weighted by Gasteiger charge is 2.26. The molecule has 0 aromatic heterocycles. The van der Waals surface area contributed by atoms with E-state index in [1.165, 1.54) is 18.9 Å². The summed E-state index contributed by atoms with van der Waals surface area (Å²) in [5.74, 6) is 0.541. The standard InChI is InChI=1S/C27H30FNO3/c1-17(23-13-14-26(28)25-6-4-3-5-24(23)25)29-16-19-7-8-21(15-19)20-9-11-22(12-10-20)32-18(2)27(30)31/h3-6,9-14,17-19,21,29H,7-8,15-16H2,1-2H3,(H,30,31)/t17-,18?,19+,21-/m1/s1. The molecule has 168 valence electrons. The zero-order valence-corrected chi connectivity index (χ0v) is 18.6. The lowest BCUT2D eigenvalue weighted by molar-refractivity contribution is -0.144. The van der Waals surface area contributed by atoms with E-state index in [1.54, 1.807) is 6.07 Å². The van der Waals surface area contributed by atoms with Crippen LogP contribution in [-0.2, 0) is 4.79 Å². The highest BCUT2D eigenvalue weighted by Crippen LogP contribution is 2.39. The largest absolute Gasteiger partial charge is 0.479 e. The molecule has 1 saturated carbocycles. The van der Waals surface area contributed by atoms with E-state index in [9.17, 15) is 9.18 Å². The third-order valence-electron chi connectivity index (χ3n) is 6.64. The van der Waals surface area contributed by atoms with E-state index in [-0.39, 0.29) is 11.9 Å². The summed E-state index contributed by atoms with van der Waals surface area (Å²) in [7, 11) is 0. The number of rotatable bonds is 8. The van der Waals surface area contributed by atoms with Crippen LogP contribution in [-0.4, -0.2) is 23.7 Å². The van der Waals surface area contributed by atoms with Gasteiger partial charge in [0.1, 0.15) is 11.6 Å². The minimum Gasteiger partial charge on any atom is -0.479 e. The van der Waals surface area contributed by atoms with Crippen molar-refractivity contribution < 1.29 is 19.0 Å². The topological polar surface area (TPSA) is 58.6 Å². The first-order chi connectivity index (χ1) is 15.4. The van der Waals surface area contributed by atoms with Crippen molar-refractivity contribution in [1.29, 1.82) is 0 Å². The molecular formula is C27H30FNO3. The first kappa shape index (κ1) is 22.3. The molecule has 0 heterocycles. The van der Waals surface area contributed by atoms with Crippen molar-refractivity contribution in [2.75, 3.05) is 6.54 Å². The van der Waals surface area contributed by atoms with Crippen LogP contribution in [0.1, 0.15) is 56.2 Å². The number of hydrogen-bond acceptors (Lipinski definition) is 3. The van der Waals surface area contributed by atoms with Crippen LogP contribution < -0.4 is 10.1 Å². The third kappa shape index (κ3) is 4.94. The number of carboxylic acid groups (broad SMARTS) is 1. The van der Waals surface area contributed by atoms with Gasteiger partial charge >= 0.3 is 5.97 Å². The Kier molecular flexibility index (Phi) is 6.75. The summed E-state index contributed by atoms with van der Waals surface area (Å²) < 4.78 is 19.6. The second-order valence-electron chi connectivity index (χ2n) is 8.86. The molecule has 4 nitrogen and oxygen atoms in total. The molecule has 32 heavy (non-hydrogen) atoms. The van der Waals surface area contributed by atoms with Crippen LogP contribution in [0.4, 0.5) is 4.39 Å². The molecule has 0 radical (unpaired) electrons. The number of carboxylic acids is 1. The maximum Gasteiger partial charge on any atom is 0.344 e. The summed E-state index contributed by atoms with van der Waals surface area (Å²) in [6.45, 7) is 4.60. The minimum atomic E-state index is -0.969. The fraction of sp³-hybridized carbons (Fsp3) is 0.370. The van der Waals surface area contributed by atoms with Gasteiger partial charge in [-0.3, -0.25) is 0 Å². The quantitative estimate of drug-likeness (QED) is 0.451. The smallest absolute Gasteiger partial charge is 0.344 e. The van der Waals surface area contributed by atoms with Crippen molar-refractivity contribution in [2.45, 2.75) is 51.2 Å². The van der Waals surface area contributed by atoms with Crippen molar-refractivity contribution in [3.63, 3.8) is 0 Å². The van der Waals surface area contributed by atoms with Crippen molar-refractivity contribution in [3.8, 4) is 5.75 Å². The molecule has 0 amide bonds. The summed E-state index contributed by atoms with van der Waals surface area (Å²) in [5, 5.41) is 14.3. The van der Waals surface area contributed by atoms with Crippen LogP contribution >= 0.6 is 0 Å². The predicted molar refractivity (Wildman–Crippen MR) is 125 cm³/mol. The summed E-state index contributed by atoms with van der Waals surface area (Å²) in [6, 6.07) is 19.1. The monoisotopic (exact) mass is 435 g/mol. The first-order valence-electron chi connectivity index (χ1n) is 11.3. The Morgan fingerprint density at radius 3 is 2.50 bits per heavy atom. The van der Waals surface area contributed by atoms with Gasteiger partial charge in [-0.05, 0) is 86.2 Å². The van der Waals surface area contributed by atoms with Crippen molar-refractivity contribution in [2.24, 2.45) is 5.92 Å². The Hall–Kier alpha value is -2.92. The van der Waals surface area contributed by atoms with Crippen molar-refractivity contribution in [1.82, 2.24) is 5.32 Å². The number of benzene rings is 3. The molecule has 2 N–H and O–H groups in total. The number of fused-ring (bicyclic) bond motifs is 1. The van der Waals surface area contributed by atoms with Gasteiger partial charge in [0.2, 0.25) is 0 Å². The van der Waals surface area contributed by atoms with Crippen LogP contribution in [0.2, 0.25) is 0 Å². The van der Waals surface area contributed by atoms with Crippen molar-refractivity contribution >= 4 is 16.7 Å².